The summed E-state index contributed by atoms with van der Waals surface area (Å²) in [6.07, 6.45) is 4.40. The van der Waals surface area contributed by atoms with Gasteiger partial charge in [-0.1, -0.05) is 18.2 Å². The number of piperidine rings is 1. The number of nitrogens with one attached hydrogen (secondary N) is 4. The van der Waals surface area contributed by atoms with E-state index >= 15 is 0 Å². The third kappa shape index (κ3) is 2.75. The van der Waals surface area contributed by atoms with Crippen LogP contribution in [0.1, 0.15) is 43.4 Å². The van der Waals surface area contributed by atoms with Crippen molar-refractivity contribution in [3.8, 4) is 0 Å². The summed E-state index contributed by atoms with van der Waals surface area (Å²) in [7, 11) is 0. The molecular formula is C29H21N5O3. The van der Waals surface area contributed by atoms with Crippen molar-refractivity contribution in [2.45, 2.75) is 11.8 Å². The number of aromatic nitrogens is 3. The minimum atomic E-state index is -0.234. The molecule has 1 saturated heterocycles. The molecule has 180 valence electrons. The van der Waals surface area contributed by atoms with Gasteiger partial charge in [-0.15, -0.1) is 0 Å². The van der Waals surface area contributed by atoms with E-state index < -0.39 is 0 Å². The van der Waals surface area contributed by atoms with Crippen LogP contribution in [0, 0.1) is 5.92 Å². The monoisotopic (exact) mass is 487 g/mol. The number of anilines is 1. The van der Waals surface area contributed by atoms with Gasteiger partial charge in [-0.2, -0.15) is 0 Å². The molecule has 2 amide bonds. The minimum Gasteiger partial charge on any atom is -0.358 e. The summed E-state index contributed by atoms with van der Waals surface area (Å²) in [6, 6.07) is 18.9. The standard InChI is InChI=1S/C29H21N5O3/c35-24-12-25-29(19-7-8-30-26(19)24)13-17(29)14-34(25)28(37)23-11-16-9-18(5-6-21(16)33-23)31-27(36)22-10-15-3-1-2-4-20(15)32-22/h1-12,17,30,32-33H,13-14H2,(H,31,36)/t17-,29-/m1/s1. The number of ketones is 1. The summed E-state index contributed by atoms with van der Waals surface area (Å²) in [5, 5.41) is 4.73. The van der Waals surface area contributed by atoms with Crippen molar-refractivity contribution in [2.75, 3.05) is 11.9 Å². The van der Waals surface area contributed by atoms with Gasteiger partial charge in [0.25, 0.3) is 11.8 Å². The lowest BCUT2D eigenvalue weighted by molar-refractivity contribution is 0.0806. The zero-order chi connectivity index (χ0) is 24.9. The number of fused-ring (bicyclic) bond motifs is 3. The van der Waals surface area contributed by atoms with Gasteiger partial charge in [0.05, 0.1) is 5.69 Å². The first-order chi connectivity index (χ1) is 18.0. The number of benzene rings is 2. The Kier molecular flexibility index (Phi) is 3.79. The van der Waals surface area contributed by atoms with Crippen LogP contribution in [0.3, 0.4) is 0 Å². The van der Waals surface area contributed by atoms with E-state index in [4.69, 9.17) is 0 Å². The van der Waals surface area contributed by atoms with Gasteiger partial charge in [0.15, 0.2) is 0 Å². The molecule has 4 N–H and O–H groups in total. The largest absolute Gasteiger partial charge is 0.358 e. The van der Waals surface area contributed by atoms with Gasteiger partial charge >= 0.3 is 0 Å². The maximum atomic E-state index is 13.6. The molecule has 5 aromatic rings. The van der Waals surface area contributed by atoms with Gasteiger partial charge in [0.1, 0.15) is 11.4 Å². The van der Waals surface area contributed by atoms with Crippen LogP contribution >= 0.6 is 0 Å². The molecule has 8 heteroatoms. The number of likely N-dealkylation sites (tertiary alicyclic amines) is 1. The van der Waals surface area contributed by atoms with E-state index in [1.165, 1.54) is 0 Å². The molecule has 2 fully saturated rings. The van der Waals surface area contributed by atoms with Crippen LogP contribution in [0.4, 0.5) is 5.69 Å². The average Bonchev–Trinajstić information content (AvgIpc) is 3.41. The fraction of sp³-hybridized carbons (Fsp3) is 0.138. The molecule has 1 aliphatic heterocycles. The van der Waals surface area contributed by atoms with Crippen LogP contribution in [-0.2, 0) is 5.41 Å². The third-order valence-electron chi connectivity index (χ3n) is 8.13. The topological polar surface area (TPSA) is 114 Å². The van der Waals surface area contributed by atoms with Crippen molar-refractivity contribution >= 4 is 45.1 Å². The van der Waals surface area contributed by atoms with Crippen molar-refractivity contribution < 1.29 is 14.4 Å². The highest BCUT2D eigenvalue weighted by Gasteiger charge is 2.67. The zero-order valence-electron chi connectivity index (χ0n) is 19.6. The number of allylic oxidation sites excluding steroid dienone is 2. The molecule has 0 bridgehead atoms. The molecule has 37 heavy (non-hydrogen) atoms. The molecule has 3 aromatic heterocycles. The Morgan fingerprint density at radius 2 is 1.76 bits per heavy atom. The fourth-order valence-corrected chi connectivity index (χ4v) is 6.30. The predicted molar refractivity (Wildman–Crippen MR) is 139 cm³/mol. The van der Waals surface area contributed by atoms with Crippen LogP contribution < -0.4 is 5.32 Å². The second kappa shape index (κ2) is 6.88. The van der Waals surface area contributed by atoms with Gasteiger partial charge in [-0.25, -0.2) is 0 Å². The van der Waals surface area contributed by atoms with E-state index in [2.05, 4.69) is 20.3 Å². The van der Waals surface area contributed by atoms with Crippen LogP contribution in [0.2, 0.25) is 0 Å². The summed E-state index contributed by atoms with van der Waals surface area (Å²) in [5.41, 5.74) is 5.53. The maximum absolute atomic E-state index is 13.6. The molecule has 0 unspecified atom stereocenters. The highest BCUT2D eigenvalue weighted by molar-refractivity contribution is 6.09. The summed E-state index contributed by atoms with van der Waals surface area (Å²) >= 11 is 0. The molecule has 1 spiro atoms. The summed E-state index contributed by atoms with van der Waals surface area (Å²) in [5.74, 6) is -0.134. The fourth-order valence-electron chi connectivity index (χ4n) is 6.30. The second-order valence-electron chi connectivity index (χ2n) is 10.2. The molecule has 8 nitrogen and oxygen atoms in total. The van der Waals surface area contributed by atoms with Crippen molar-refractivity contribution in [1.82, 2.24) is 19.9 Å². The van der Waals surface area contributed by atoms with Crippen molar-refractivity contribution in [2.24, 2.45) is 5.92 Å². The Balaban J connectivity index is 1.07. The van der Waals surface area contributed by atoms with Crippen LogP contribution in [0.15, 0.2) is 78.6 Å². The molecule has 4 heterocycles. The first-order valence-corrected chi connectivity index (χ1v) is 12.3. The normalized spacial score (nSPS) is 21.5. The first-order valence-electron chi connectivity index (χ1n) is 12.3. The summed E-state index contributed by atoms with van der Waals surface area (Å²) < 4.78 is 0. The van der Waals surface area contributed by atoms with Crippen molar-refractivity contribution in [1.29, 1.82) is 0 Å². The highest BCUT2D eigenvalue weighted by atomic mass is 16.2. The Bertz CT molecular complexity index is 1820. The lowest BCUT2D eigenvalue weighted by Crippen LogP contribution is -2.33. The van der Waals surface area contributed by atoms with Gasteiger partial charge < -0.3 is 25.2 Å². The molecule has 2 aromatic carbocycles. The molecule has 1 saturated carbocycles. The Morgan fingerprint density at radius 3 is 2.65 bits per heavy atom. The smallest absolute Gasteiger partial charge is 0.274 e. The van der Waals surface area contributed by atoms with Gasteiger partial charge in [0, 0.05) is 57.4 Å². The highest BCUT2D eigenvalue weighted by Crippen LogP contribution is 2.66. The third-order valence-corrected chi connectivity index (χ3v) is 8.13. The summed E-state index contributed by atoms with van der Waals surface area (Å²) in [4.78, 5) is 50.3. The quantitative estimate of drug-likeness (QED) is 0.295. The number of rotatable bonds is 3. The van der Waals surface area contributed by atoms with Crippen molar-refractivity contribution in [3.63, 3.8) is 0 Å². The number of aromatic amines is 3. The number of nitrogens with zero attached hydrogens (tertiary/aromatic N) is 1. The minimum absolute atomic E-state index is 0.0852. The number of hydrogen-bond donors (Lipinski definition) is 4. The van der Waals surface area contributed by atoms with E-state index in [-0.39, 0.29) is 23.0 Å². The lowest BCUT2D eigenvalue weighted by Gasteiger charge is -2.27. The van der Waals surface area contributed by atoms with E-state index in [0.717, 1.165) is 39.5 Å². The Hall–Kier alpha value is -4.85. The van der Waals surface area contributed by atoms with E-state index in [1.807, 2.05) is 54.6 Å². The Labute approximate surface area is 210 Å². The van der Waals surface area contributed by atoms with Gasteiger partial charge in [-0.05, 0) is 60.4 Å². The number of para-hydroxylation sites is 1. The number of carbonyl (C=O) groups excluding carboxylic acids is 3. The number of carbonyl (C=O) groups is 3. The summed E-state index contributed by atoms with van der Waals surface area (Å²) in [6.45, 7) is 0.601. The van der Waals surface area contributed by atoms with Gasteiger partial charge in [0.2, 0.25) is 5.78 Å². The van der Waals surface area contributed by atoms with Gasteiger partial charge in [-0.3, -0.25) is 14.4 Å². The van der Waals surface area contributed by atoms with E-state index in [9.17, 15) is 14.4 Å². The number of amides is 2. The number of H-pyrrole nitrogens is 3. The van der Waals surface area contributed by atoms with Crippen LogP contribution in [0.5, 0.6) is 0 Å². The SMILES string of the molecule is O=C(Nc1ccc2[nH]c(C(=O)N3C[C@H]4C[C@@]45C3=CC(=O)c3[nH]ccc35)cc2c1)c1cc2ccccc2[nH]1. The molecule has 2 atom stereocenters. The molecular weight excluding hydrogens is 466 g/mol. The molecule has 3 aliphatic rings. The van der Waals surface area contributed by atoms with Crippen molar-refractivity contribution in [3.05, 3.63) is 101 Å². The predicted octanol–water partition coefficient (Wildman–Crippen LogP) is 4.72. The lowest BCUT2D eigenvalue weighted by atomic mass is 9.85. The second-order valence-corrected chi connectivity index (χ2v) is 10.2. The van der Waals surface area contributed by atoms with E-state index in [0.29, 0.717) is 35.2 Å². The maximum Gasteiger partial charge on any atom is 0.274 e. The van der Waals surface area contributed by atoms with Crippen LogP contribution in [-0.4, -0.2) is 44.0 Å². The Morgan fingerprint density at radius 1 is 0.946 bits per heavy atom. The average molecular weight is 488 g/mol. The first kappa shape index (κ1) is 20.4. The number of hydrogen-bond acceptors (Lipinski definition) is 3. The molecule has 8 rings (SSSR count). The molecule has 0 radical (unpaired) electrons. The molecule has 2 aliphatic carbocycles. The zero-order valence-corrected chi connectivity index (χ0v) is 19.6. The van der Waals surface area contributed by atoms with E-state index in [1.54, 1.807) is 23.2 Å². The van der Waals surface area contributed by atoms with Crippen LogP contribution in [0.25, 0.3) is 21.8 Å².